The predicted molar refractivity (Wildman–Crippen MR) is 58.2 cm³/mol. The van der Waals surface area contributed by atoms with Crippen LogP contribution in [-0.2, 0) is 0 Å². The van der Waals surface area contributed by atoms with E-state index < -0.39 is 0 Å². The predicted octanol–water partition coefficient (Wildman–Crippen LogP) is 1.57. The average Bonchev–Trinajstić information content (AvgIpc) is 2.74. The minimum absolute atomic E-state index is 0.749. The second-order valence-electron chi connectivity index (χ2n) is 3.10. The third-order valence-electron chi connectivity index (χ3n) is 2.13. The van der Waals surface area contributed by atoms with Gasteiger partial charge in [0, 0.05) is 17.5 Å². The van der Waals surface area contributed by atoms with Crippen LogP contribution < -0.4 is 5.32 Å². The zero-order valence-corrected chi connectivity index (χ0v) is 8.72. The minimum Gasteiger partial charge on any atom is -0.313 e. The first-order valence-corrected chi connectivity index (χ1v) is 6.46. The minimum atomic E-state index is 0.749. The molecular weight excluding hydrogens is 188 g/mol. The molecule has 0 spiro atoms. The van der Waals surface area contributed by atoms with Gasteiger partial charge in [-0.25, -0.2) is 0 Å². The van der Waals surface area contributed by atoms with Crippen LogP contribution in [0.1, 0.15) is 12.8 Å². The summed E-state index contributed by atoms with van der Waals surface area (Å²) < 4.78 is 1.31. The Labute approximate surface area is 82.0 Å². The highest BCUT2D eigenvalue weighted by atomic mass is 32.2. The van der Waals surface area contributed by atoms with Gasteiger partial charge < -0.3 is 5.32 Å². The molecule has 4 heteroatoms. The smallest absolute Gasteiger partial charge is 0.124 e. The first-order valence-electron chi connectivity index (χ1n) is 4.48. The SMILES string of the molecule is C1CNC(CSC2=NCCS2)C1. The van der Waals surface area contributed by atoms with Crippen LogP contribution in [0.5, 0.6) is 0 Å². The van der Waals surface area contributed by atoms with Crippen molar-refractivity contribution in [1.82, 2.24) is 5.32 Å². The second kappa shape index (κ2) is 4.53. The molecule has 1 atom stereocenters. The first-order chi connectivity index (χ1) is 5.95. The van der Waals surface area contributed by atoms with Crippen molar-refractivity contribution in [3.05, 3.63) is 0 Å². The van der Waals surface area contributed by atoms with E-state index in [4.69, 9.17) is 0 Å². The third-order valence-corrected chi connectivity index (χ3v) is 4.54. The van der Waals surface area contributed by atoms with Gasteiger partial charge in [0.25, 0.3) is 0 Å². The van der Waals surface area contributed by atoms with Crippen LogP contribution in [0, 0.1) is 0 Å². The lowest BCUT2D eigenvalue weighted by Gasteiger charge is -2.07. The van der Waals surface area contributed by atoms with Crippen LogP contribution in [0.2, 0.25) is 0 Å². The van der Waals surface area contributed by atoms with Crippen molar-refractivity contribution in [2.75, 3.05) is 24.6 Å². The number of hydrogen-bond donors (Lipinski definition) is 1. The van der Waals surface area contributed by atoms with Gasteiger partial charge >= 0.3 is 0 Å². The fourth-order valence-corrected chi connectivity index (χ4v) is 3.61. The Morgan fingerprint density at radius 1 is 1.67 bits per heavy atom. The van der Waals surface area contributed by atoms with E-state index in [2.05, 4.69) is 10.3 Å². The fraction of sp³-hybridized carbons (Fsp3) is 0.875. The molecule has 12 heavy (non-hydrogen) atoms. The van der Waals surface area contributed by atoms with Crippen molar-refractivity contribution < 1.29 is 0 Å². The van der Waals surface area contributed by atoms with Crippen LogP contribution in [-0.4, -0.2) is 35.0 Å². The molecule has 0 amide bonds. The molecule has 2 rings (SSSR count). The van der Waals surface area contributed by atoms with Crippen LogP contribution in [0.4, 0.5) is 0 Å². The largest absolute Gasteiger partial charge is 0.313 e. The molecule has 1 fully saturated rings. The van der Waals surface area contributed by atoms with Crippen LogP contribution >= 0.6 is 23.5 Å². The van der Waals surface area contributed by atoms with Gasteiger partial charge in [0.15, 0.2) is 0 Å². The van der Waals surface area contributed by atoms with Crippen molar-refractivity contribution in [1.29, 1.82) is 0 Å². The third kappa shape index (κ3) is 2.41. The molecule has 0 radical (unpaired) electrons. The summed E-state index contributed by atoms with van der Waals surface area (Å²) in [7, 11) is 0. The molecule has 2 nitrogen and oxygen atoms in total. The molecule has 0 aromatic carbocycles. The summed E-state index contributed by atoms with van der Waals surface area (Å²) in [6, 6.07) is 0.749. The molecule has 1 saturated heterocycles. The standard InChI is InChI=1S/C8H14N2S2/c1-2-7(9-3-1)6-12-8-10-4-5-11-8/h7,9H,1-6H2. The summed E-state index contributed by atoms with van der Waals surface area (Å²) in [6.45, 7) is 2.25. The van der Waals surface area contributed by atoms with E-state index in [1.807, 2.05) is 23.5 Å². The normalized spacial score (nSPS) is 29.3. The van der Waals surface area contributed by atoms with Crippen molar-refractivity contribution in [2.45, 2.75) is 18.9 Å². The Kier molecular flexibility index (Phi) is 3.37. The monoisotopic (exact) mass is 202 g/mol. The van der Waals surface area contributed by atoms with Gasteiger partial charge in [0.1, 0.15) is 4.38 Å². The van der Waals surface area contributed by atoms with Crippen molar-refractivity contribution >= 4 is 27.9 Å². The van der Waals surface area contributed by atoms with Crippen LogP contribution in [0.3, 0.4) is 0 Å². The molecule has 0 saturated carbocycles. The number of thioether (sulfide) groups is 2. The van der Waals surface area contributed by atoms with Crippen LogP contribution in [0.25, 0.3) is 0 Å². The van der Waals surface area contributed by atoms with E-state index in [1.54, 1.807) is 0 Å². The van der Waals surface area contributed by atoms with E-state index in [-0.39, 0.29) is 0 Å². The topological polar surface area (TPSA) is 24.4 Å². The Bertz CT molecular complexity index is 176. The van der Waals surface area contributed by atoms with Gasteiger partial charge in [-0.3, -0.25) is 4.99 Å². The lowest BCUT2D eigenvalue weighted by Crippen LogP contribution is -2.23. The van der Waals surface area contributed by atoms with E-state index >= 15 is 0 Å². The summed E-state index contributed by atoms with van der Waals surface area (Å²) in [5.41, 5.74) is 0. The summed E-state index contributed by atoms with van der Waals surface area (Å²) in [5, 5.41) is 3.50. The number of aliphatic imine (C=N–C) groups is 1. The van der Waals surface area contributed by atoms with E-state index in [1.165, 1.54) is 35.3 Å². The quantitative estimate of drug-likeness (QED) is 0.735. The van der Waals surface area contributed by atoms with Crippen molar-refractivity contribution in [2.24, 2.45) is 4.99 Å². The van der Waals surface area contributed by atoms with Gasteiger partial charge in [-0.2, -0.15) is 0 Å². The summed E-state index contributed by atoms with van der Waals surface area (Å²) in [5.74, 6) is 2.41. The molecule has 0 bridgehead atoms. The highest BCUT2D eigenvalue weighted by Gasteiger charge is 2.16. The van der Waals surface area contributed by atoms with Gasteiger partial charge in [-0.15, -0.1) is 0 Å². The number of hydrogen-bond acceptors (Lipinski definition) is 4. The Morgan fingerprint density at radius 3 is 3.33 bits per heavy atom. The molecule has 0 aromatic rings. The first kappa shape index (κ1) is 8.91. The number of nitrogens with zero attached hydrogens (tertiary/aromatic N) is 1. The molecule has 68 valence electrons. The Balaban J connectivity index is 1.67. The average molecular weight is 202 g/mol. The van der Waals surface area contributed by atoms with Gasteiger partial charge in [-0.1, -0.05) is 23.5 Å². The van der Waals surface area contributed by atoms with Gasteiger partial charge in [-0.05, 0) is 19.4 Å². The molecule has 1 unspecified atom stereocenters. The molecule has 2 aliphatic heterocycles. The van der Waals surface area contributed by atoms with Crippen molar-refractivity contribution in [3.8, 4) is 0 Å². The summed E-state index contributed by atoms with van der Waals surface area (Å²) >= 11 is 3.84. The Morgan fingerprint density at radius 2 is 2.67 bits per heavy atom. The van der Waals surface area contributed by atoms with Gasteiger partial charge in [0.2, 0.25) is 0 Å². The molecule has 0 aromatic heterocycles. The molecular formula is C8H14N2S2. The van der Waals surface area contributed by atoms with Crippen LogP contribution in [0.15, 0.2) is 4.99 Å². The second-order valence-corrected chi connectivity index (χ2v) is 5.45. The Hall–Kier alpha value is 0.330. The summed E-state index contributed by atoms with van der Waals surface area (Å²) in [6.07, 6.45) is 2.70. The lowest BCUT2D eigenvalue weighted by molar-refractivity contribution is 0.675. The highest BCUT2D eigenvalue weighted by Crippen LogP contribution is 2.23. The van der Waals surface area contributed by atoms with E-state index in [0.717, 1.165) is 12.6 Å². The fourth-order valence-electron chi connectivity index (χ4n) is 1.47. The summed E-state index contributed by atoms with van der Waals surface area (Å²) in [4.78, 5) is 4.41. The maximum atomic E-state index is 4.41. The lowest BCUT2D eigenvalue weighted by atomic mass is 10.3. The molecule has 0 aliphatic carbocycles. The molecule has 2 aliphatic rings. The van der Waals surface area contributed by atoms with Gasteiger partial charge in [0.05, 0.1) is 6.54 Å². The zero-order chi connectivity index (χ0) is 8.23. The number of rotatable bonds is 2. The molecule has 1 N–H and O–H groups in total. The highest BCUT2D eigenvalue weighted by molar-refractivity contribution is 8.39. The maximum Gasteiger partial charge on any atom is 0.124 e. The zero-order valence-electron chi connectivity index (χ0n) is 7.08. The van der Waals surface area contributed by atoms with E-state index in [0.29, 0.717) is 0 Å². The number of nitrogens with one attached hydrogen (secondary N) is 1. The van der Waals surface area contributed by atoms with Crippen molar-refractivity contribution in [3.63, 3.8) is 0 Å². The maximum absolute atomic E-state index is 4.41. The molecule has 2 heterocycles. The van der Waals surface area contributed by atoms with E-state index in [9.17, 15) is 0 Å².